The molecule has 1 saturated carbocycles. The average Bonchev–Trinajstić information content (AvgIpc) is 2.92. The fourth-order valence-corrected chi connectivity index (χ4v) is 3.22. The van der Waals surface area contributed by atoms with Crippen molar-refractivity contribution in [2.45, 2.75) is 26.2 Å². The highest BCUT2D eigenvalue weighted by Crippen LogP contribution is 2.40. The Labute approximate surface area is 124 Å². The lowest BCUT2D eigenvalue weighted by Gasteiger charge is -2.30. The quantitative estimate of drug-likeness (QED) is 0.628. The lowest BCUT2D eigenvalue weighted by atomic mass is 9.95. The molecule has 2 amide bonds. The number of aryl methyl sites for hydroxylation is 1. The largest absolute Gasteiger partial charge is 0.320 e. The summed E-state index contributed by atoms with van der Waals surface area (Å²) in [6, 6.07) is 5.64. The third-order valence-electron chi connectivity index (χ3n) is 4.29. The Balaban J connectivity index is 2.08. The molecule has 0 radical (unpaired) electrons. The summed E-state index contributed by atoms with van der Waals surface area (Å²) in [6.07, 6.45) is 2.35. The Morgan fingerprint density at radius 2 is 1.90 bits per heavy atom. The van der Waals surface area contributed by atoms with Gasteiger partial charge in [-0.25, -0.2) is 4.90 Å². The first-order chi connectivity index (χ1) is 10.1. The van der Waals surface area contributed by atoms with Gasteiger partial charge in [0.15, 0.2) is 0 Å². The van der Waals surface area contributed by atoms with E-state index in [4.69, 9.17) is 5.73 Å². The molecule has 1 aromatic rings. The first kappa shape index (κ1) is 13.8. The predicted octanol–water partition coefficient (Wildman–Crippen LogP) is 1.59. The van der Waals surface area contributed by atoms with Gasteiger partial charge in [0.05, 0.1) is 12.2 Å². The molecule has 2 aliphatic rings. The molecule has 2 fully saturated rings. The van der Waals surface area contributed by atoms with Gasteiger partial charge in [0, 0.05) is 17.4 Å². The zero-order valence-electron chi connectivity index (χ0n) is 12.1. The van der Waals surface area contributed by atoms with Gasteiger partial charge in [-0.3, -0.25) is 9.59 Å². The molecule has 21 heavy (non-hydrogen) atoms. The number of rotatable bonds is 1. The highest BCUT2D eigenvalue weighted by atomic mass is 16.2. The maximum Gasteiger partial charge on any atom is 0.236 e. The molecule has 0 aromatic heterocycles. The van der Waals surface area contributed by atoms with E-state index in [0.717, 1.165) is 18.4 Å². The summed E-state index contributed by atoms with van der Waals surface area (Å²) in [5.74, 6) is 5.60. The third-order valence-corrected chi connectivity index (χ3v) is 4.29. The lowest BCUT2D eigenvalue weighted by molar-refractivity contribution is -0.133. The maximum absolute atomic E-state index is 12.6. The van der Waals surface area contributed by atoms with E-state index in [-0.39, 0.29) is 30.2 Å². The van der Waals surface area contributed by atoms with Crippen molar-refractivity contribution in [3.63, 3.8) is 0 Å². The van der Waals surface area contributed by atoms with E-state index in [0.29, 0.717) is 17.7 Å². The molecule has 2 unspecified atom stereocenters. The topological polar surface area (TPSA) is 63.4 Å². The number of carbonyl (C=O) groups is 2. The second-order valence-corrected chi connectivity index (χ2v) is 5.75. The minimum absolute atomic E-state index is 0.0106. The van der Waals surface area contributed by atoms with Crippen molar-refractivity contribution in [3.8, 4) is 11.8 Å². The number of nitrogens with two attached hydrogens (primary N) is 1. The van der Waals surface area contributed by atoms with Gasteiger partial charge in [-0.2, -0.15) is 0 Å². The van der Waals surface area contributed by atoms with Crippen LogP contribution in [-0.2, 0) is 9.59 Å². The standard InChI is InChI=1S/C17H18N2O2/c1-11-4-5-12(3-2-8-18)15(9-11)19-16(20)13-6-7-14(10-13)17(19)21/h4-5,9,13-14H,6-8,10,18H2,1H3. The zero-order chi connectivity index (χ0) is 15.0. The Kier molecular flexibility index (Phi) is 3.52. The van der Waals surface area contributed by atoms with Crippen molar-refractivity contribution >= 4 is 17.5 Å². The van der Waals surface area contributed by atoms with Crippen molar-refractivity contribution in [1.29, 1.82) is 0 Å². The number of imide groups is 1. The van der Waals surface area contributed by atoms with Crippen LogP contribution >= 0.6 is 0 Å². The molecule has 2 N–H and O–H groups in total. The van der Waals surface area contributed by atoms with Gasteiger partial charge in [0.1, 0.15) is 0 Å². The first-order valence-electron chi connectivity index (χ1n) is 7.29. The minimum atomic E-state index is -0.0739. The molecule has 3 rings (SSSR count). The van der Waals surface area contributed by atoms with Crippen LogP contribution in [0.15, 0.2) is 18.2 Å². The van der Waals surface area contributed by atoms with Gasteiger partial charge >= 0.3 is 0 Å². The van der Waals surface area contributed by atoms with Crippen LogP contribution in [0, 0.1) is 30.6 Å². The number of anilines is 1. The van der Waals surface area contributed by atoms with Crippen LogP contribution in [-0.4, -0.2) is 18.4 Å². The minimum Gasteiger partial charge on any atom is -0.320 e. The van der Waals surface area contributed by atoms with Gasteiger partial charge in [0.25, 0.3) is 0 Å². The lowest BCUT2D eigenvalue weighted by Crippen LogP contribution is -2.46. The van der Waals surface area contributed by atoms with Crippen LogP contribution in [0.1, 0.15) is 30.4 Å². The normalized spacial score (nSPS) is 24.0. The summed E-state index contributed by atoms with van der Waals surface area (Å²) in [4.78, 5) is 26.5. The third kappa shape index (κ3) is 2.34. The SMILES string of the molecule is Cc1ccc(C#CCN)c(N2C(=O)C3CCC(C3)C2=O)c1. The Morgan fingerprint density at radius 1 is 1.24 bits per heavy atom. The molecule has 1 aliphatic carbocycles. The second-order valence-electron chi connectivity index (χ2n) is 5.75. The van der Waals surface area contributed by atoms with Crippen LogP contribution < -0.4 is 10.6 Å². The monoisotopic (exact) mass is 282 g/mol. The maximum atomic E-state index is 12.6. The molecule has 0 spiro atoms. The van der Waals surface area contributed by atoms with Crippen molar-refractivity contribution in [2.24, 2.45) is 17.6 Å². The van der Waals surface area contributed by atoms with Gasteiger partial charge in [-0.05, 0) is 43.9 Å². The molecule has 1 aromatic carbocycles. The molecule has 108 valence electrons. The number of hydrogen-bond donors (Lipinski definition) is 1. The van der Waals surface area contributed by atoms with Gasteiger partial charge in [-0.1, -0.05) is 17.9 Å². The number of amides is 2. The fourth-order valence-electron chi connectivity index (χ4n) is 3.22. The van der Waals surface area contributed by atoms with Crippen LogP contribution in [0.2, 0.25) is 0 Å². The summed E-state index contributed by atoms with van der Waals surface area (Å²) >= 11 is 0. The van der Waals surface area contributed by atoms with E-state index in [1.54, 1.807) is 0 Å². The molecule has 1 aliphatic heterocycles. The molecule has 4 nitrogen and oxygen atoms in total. The summed E-state index contributed by atoms with van der Waals surface area (Å²) in [5.41, 5.74) is 7.73. The number of benzene rings is 1. The summed E-state index contributed by atoms with van der Waals surface area (Å²) < 4.78 is 0. The number of nitrogens with zero attached hydrogens (tertiary/aromatic N) is 1. The number of fused-ring (bicyclic) bond motifs is 2. The number of carbonyl (C=O) groups excluding carboxylic acids is 2. The van der Waals surface area contributed by atoms with E-state index >= 15 is 0 Å². The van der Waals surface area contributed by atoms with Crippen molar-refractivity contribution < 1.29 is 9.59 Å². The molecule has 4 heteroatoms. The Bertz CT molecular complexity index is 647. The Hall–Kier alpha value is -2.12. The van der Waals surface area contributed by atoms with E-state index in [1.807, 2.05) is 25.1 Å². The van der Waals surface area contributed by atoms with Gasteiger partial charge < -0.3 is 5.73 Å². The second kappa shape index (κ2) is 5.34. The van der Waals surface area contributed by atoms with Crippen LogP contribution in [0.5, 0.6) is 0 Å². The average molecular weight is 282 g/mol. The van der Waals surface area contributed by atoms with E-state index in [9.17, 15) is 9.59 Å². The van der Waals surface area contributed by atoms with E-state index < -0.39 is 0 Å². The summed E-state index contributed by atoms with van der Waals surface area (Å²) in [5, 5.41) is 0. The van der Waals surface area contributed by atoms with Gasteiger partial charge in [-0.15, -0.1) is 0 Å². The molecule has 1 saturated heterocycles. The molecule has 2 atom stereocenters. The summed E-state index contributed by atoms with van der Waals surface area (Å²) in [6.45, 7) is 2.19. The van der Waals surface area contributed by atoms with Crippen molar-refractivity contribution in [2.75, 3.05) is 11.4 Å². The van der Waals surface area contributed by atoms with Crippen molar-refractivity contribution in [3.05, 3.63) is 29.3 Å². The van der Waals surface area contributed by atoms with Crippen LogP contribution in [0.4, 0.5) is 5.69 Å². The highest BCUT2D eigenvalue weighted by molar-refractivity contribution is 6.19. The Morgan fingerprint density at radius 3 is 2.52 bits per heavy atom. The molecular weight excluding hydrogens is 264 g/mol. The van der Waals surface area contributed by atoms with E-state index in [1.165, 1.54) is 4.90 Å². The highest BCUT2D eigenvalue weighted by Gasteiger charge is 2.46. The first-order valence-corrected chi connectivity index (χ1v) is 7.29. The molecule has 1 heterocycles. The number of piperidine rings is 1. The van der Waals surface area contributed by atoms with Gasteiger partial charge in [0.2, 0.25) is 11.8 Å². The van der Waals surface area contributed by atoms with E-state index in [2.05, 4.69) is 11.8 Å². The van der Waals surface area contributed by atoms with Crippen LogP contribution in [0.25, 0.3) is 0 Å². The zero-order valence-corrected chi connectivity index (χ0v) is 12.1. The summed E-state index contributed by atoms with van der Waals surface area (Å²) in [7, 11) is 0. The van der Waals surface area contributed by atoms with Crippen LogP contribution in [0.3, 0.4) is 0 Å². The van der Waals surface area contributed by atoms with Crippen molar-refractivity contribution in [1.82, 2.24) is 0 Å². The number of hydrogen-bond acceptors (Lipinski definition) is 3. The smallest absolute Gasteiger partial charge is 0.236 e. The fraction of sp³-hybridized carbons (Fsp3) is 0.412. The predicted molar refractivity (Wildman–Crippen MR) is 80.4 cm³/mol. The molecule has 2 bridgehead atoms. The molecular formula is C17H18N2O2.